The van der Waals surface area contributed by atoms with E-state index in [4.69, 9.17) is 0 Å². The normalized spacial score (nSPS) is 12.4. The molecular formula is C26H23F3N2O4S. The fraction of sp³-hybridized carbons (Fsp3) is 0.231. The van der Waals surface area contributed by atoms with Crippen LogP contribution in [0.25, 0.3) is 11.0 Å². The third kappa shape index (κ3) is 4.73. The van der Waals surface area contributed by atoms with Crippen LogP contribution in [0.2, 0.25) is 0 Å². The van der Waals surface area contributed by atoms with Gasteiger partial charge in [-0.1, -0.05) is 38.1 Å². The summed E-state index contributed by atoms with van der Waals surface area (Å²) in [6, 6.07) is 13.3. The Morgan fingerprint density at radius 3 is 2.42 bits per heavy atom. The van der Waals surface area contributed by atoms with E-state index in [1.807, 2.05) is 13.8 Å². The smallest absolute Gasteiger partial charge is 0.417 e. The maximum Gasteiger partial charge on any atom is 0.417 e. The van der Waals surface area contributed by atoms with Crippen molar-refractivity contribution in [3.8, 4) is 0 Å². The number of carboxylic acids is 1. The van der Waals surface area contributed by atoms with Crippen LogP contribution in [0.1, 0.15) is 58.1 Å². The summed E-state index contributed by atoms with van der Waals surface area (Å²) in [5.41, 5.74) is 1.08. The Kier molecular flexibility index (Phi) is 6.42. The van der Waals surface area contributed by atoms with Crippen molar-refractivity contribution in [1.29, 1.82) is 0 Å². The number of carbonyl (C=O) groups is 1. The molecule has 0 fully saturated rings. The van der Waals surface area contributed by atoms with Gasteiger partial charge in [-0.15, -0.1) is 0 Å². The van der Waals surface area contributed by atoms with Crippen LogP contribution in [0.4, 0.5) is 13.2 Å². The molecule has 0 spiro atoms. The summed E-state index contributed by atoms with van der Waals surface area (Å²) < 4.78 is 68.6. The molecule has 2 aromatic heterocycles. The van der Waals surface area contributed by atoms with E-state index < -0.39 is 27.7 Å². The minimum Gasteiger partial charge on any atom is -0.478 e. The number of alkyl halides is 3. The summed E-state index contributed by atoms with van der Waals surface area (Å²) in [5.74, 6) is -1.03. The van der Waals surface area contributed by atoms with Crippen LogP contribution in [0.5, 0.6) is 0 Å². The SMILES string of the molecule is Cc1cc(Cc2cc3cc(C(F)(F)F)cnc3n2S(=O)(=O)c2cccc(C(C)C)c2)ccc1C(=O)O. The Hall–Kier alpha value is -3.66. The number of fused-ring (bicyclic) bond motifs is 1. The van der Waals surface area contributed by atoms with E-state index in [1.165, 1.54) is 18.2 Å². The van der Waals surface area contributed by atoms with Crippen LogP contribution >= 0.6 is 0 Å². The van der Waals surface area contributed by atoms with Gasteiger partial charge in [-0.3, -0.25) is 0 Å². The van der Waals surface area contributed by atoms with Crippen molar-refractivity contribution in [1.82, 2.24) is 8.96 Å². The van der Waals surface area contributed by atoms with Crippen molar-refractivity contribution in [2.24, 2.45) is 0 Å². The number of halogens is 3. The number of hydrogen-bond donors (Lipinski definition) is 1. The maximum atomic E-state index is 13.8. The van der Waals surface area contributed by atoms with Gasteiger partial charge in [0.15, 0.2) is 5.65 Å². The number of aromatic nitrogens is 2. The zero-order valence-corrected chi connectivity index (χ0v) is 20.5. The van der Waals surface area contributed by atoms with Crippen molar-refractivity contribution >= 4 is 27.0 Å². The molecular weight excluding hydrogens is 493 g/mol. The van der Waals surface area contributed by atoms with E-state index in [0.29, 0.717) is 17.3 Å². The number of carboxylic acid groups (broad SMARTS) is 1. The Morgan fingerprint density at radius 1 is 1.08 bits per heavy atom. The van der Waals surface area contributed by atoms with E-state index in [0.717, 1.165) is 15.6 Å². The Labute approximate surface area is 206 Å². The number of nitrogens with zero attached hydrogens (tertiary/aromatic N) is 2. The Balaban J connectivity index is 1.93. The molecule has 4 rings (SSSR count). The molecule has 2 heterocycles. The van der Waals surface area contributed by atoms with Crippen molar-refractivity contribution in [2.45, 2.75) is 44.2 Å². The van der Waals surface area contributed by atoms with E-state index in [-0.39, 0.29) is 39.5 Å². The first-order valence-electron chi connectivity index (χ1n) is 11.0. The van der Waals surface area contributed by atoms with E-state index in [1.54, 1.807) is 37.3 Å². The highest BCUT2D eigenvalue weighted by molar-refractivity contribution is 7.90. The number of pyridine rings is 1. The van der Waals surface area contributed by atoms with Crippen LogP contribution in [0, 0.1) is 6.92 Å². The molecule has 0 radical (unpaired) electrons. The highest BCUT2D eigenvalue weighted by Gasteiger charge is 2.32. The van der Waals surface area contributed by atoms with Gasteiger partial charge in [0.25, 0.3) is 10.0 Å². The summed E-state index contributed by atoms with van der Waals surface area (Å²) in [6.45, 7) is 5.46. The highest BCUT2D eigenvalue weighted by atomic mass is 32.2. The lowest BCUT2D eigenvalue weighted by atomic mass is 10.0. The summed E-state index contributed by atoms with van der Waals surface area (Å²) in [6.07, 6.45) is -3.99. The minimum absolute atomic E-state index is 0.00782. The molecule has 0 amide bonds. The van der Waals surface area contributed by atoms with Gasteiger partial charge in [0, 0.05) is 23.7 Å². The first kappa shape index (κ1) is 25.4. The van der Waals surface area contributed by atoms with Gasteiger partial charge in [-0.25, -0.2) is 22.2 Å². The van der Waals surface area contributed by atoms with Gasteiger partial charge in [0.1, 0.15) is 0 Å². The second-order valence-corrected chi connectivity index (χ2v) is 10.7. The van der Waals surface area contributed by atoms with Crippen LogP contribution in [-0.2, 0) is 22.6 Å². The number of aromatic carboxylic acids is 1. The first-order valence-corrected chi connectivity index (χ1v) is 12.5. The third-order valence-corrected chi connectivity index (χ3v) is 7.71. The van der Waals surface area contributed by atoms with Crippen molar-refractivity contribution in [2.75, 3.05) is 0 Å². The lowest BCUT2D eigenvalue weighted by molar-refractivity contribution is -0.137. The molecule has 0 saturated heterocycles. The standard InChI is InChI=1S/C26H23F3N2O4S/c1-15(2)18-5-4-6-22(13-18)36(34,35)31-21(10-17-7-8-23(25(32)33)16(3)9-17)12-19-11-20(26(27,28)29)14-30-24(19)31/h4-9,11-15H,10H2,1-3H3,(H,32,33). The zero-order valence-electron chi connectivity index (χ0n) is 19.7. The second-order valence-electron chi connectivity index (χ2n) is 8.90. The molecule has 1 N–H and O–H groups in total. The second kappa shape index (κ2) is 9.09. The van der Waals surface area contributed by atoms with Crippen LogP contribution < -0.4 is 0 Å². The molecule has 0 atom stereocenters. The Bertz CT molecular complexity index is 1590. The number of hydrogen-bond acceptors (Lipinski definition) is 4. The third-order valence-electron chi connectivity index (χ3n) is 5.97. The molecule has 4 aromatic rings. The van der Waals surface area contributed by atoms with E-state index >= 15 is 0 Å². The molecule has 0 aliphatic rings. The molecule has 0 saturated carbocycles. The summed E-state index contributed by atoms with van der Waals surface area (Å²) in [5, 5.41) is 9.32. The lowest BCUT2D eigenvalue weighted by Gasteiger charge is -2.14. The molecule has 0 unspecified atom stereocenters. The topological polar surface area (TPSA) is 89.3 Å². The lowest BCUT2D eigenvalue weighted by Crippen LogP contribution is -2.17. The highest BCUT2D eigenvalue weighted by Crippen LogP contribution is 2.33. The average molecular weight is 517 g/mol. The van der Waals surface area contributed by atoms with Gasteiger partial charge < -0.3 is 5.11 Å². The van der Waals surface area contributed by atoms with Gasteiger partial charge >= 0.3 is 12.1 Å². The van der Waals surface area contributed by atoms with Crippen LogP contribution in [0.3, 0.4) is 0 Å². The molecule has 188 valence electrons. The molecule has 36 heavy (non-hydrogen) atoms. The van der Waals surface area contributed by atoms with Gasteiger partial charge in [0.05, 0.1) is 16.0 Å². The quantitative estimate of drug-likeness (QED) is 0.339. The van der Waals surface area contributed by atoms with Gasteiger partial charge in [0.2, 0.25) is 0 Å². The number of rotatable bonds is 6. The predicted octanol–water partition coefficient (Wildman–Crippen LogP) is 6.01. The summed E-state index contributed by atoms with van der Waals surface area (Å²) >= 11 is 0. The van der Waals surface area contributed by atoms with Crippen LogP contribution in [-0.4, -0.2) is 28.5 Å². The first-order chi connectivity index (χ1) is 16.8. The Morgan fingerprint density at radius 2 is 1.81 bits per heavy atom. The molecule has 6 nitrogen and oxygen atoms in total. The zero-order chi connectivity index (χ0) is 26.4. The number of benzene rings is 2. The molecule has 2 aromatic carbocycles. The molecule has 10 heteroatoms. The fourth-order valence-electron chi connectivity index (χ4n) is 4.10. The van der Waals surface area contributed by atoms with Crippen molar-refractivity contribution in [3.63, 3.8) is 0 Å². The monoisotopic (exact) mass is 516 g/mol. The van der Waals surface area contributed by atoms with Gasteiger partial charge in [-0.05, 0) is 59.9 Å². The minimum atomic E-state index is -4.64. The molecule has 0 aliphatic heterocycles. The number of aryl methyl sites for hydroxylation is 1. The maximum absolute atomic E-state index is 13.8. The van der Waals surface area contributed by atoms with Crippen molar-refractivity contribution in [3.05, 3.63) is 94.3 Å². The van der Waals surface area contributed by atoms with Gasteiger partial charge in [-0.2, -0.15) is 13.2 Å². The average Bonchev–Trinajstić information content (AvgIpc) is 3.16. The van der Waals surface area contributed by atoms with Crippen molar-refractivity contribution < 1.29 is 31.5 Å². The molecule has 0 bridgehead atoms. The van der Waals surface area contributed by atoms with E-state index in [2.05, 4.69) is 4.98 Å². The van der Waals surface area contributed by atoms with Crippen LogP contribution in [0.15, 0.2) is 65.7 Å². The summed E-state index contributed by atoms with van der Waals surface area (Å²) in [7, 11) is -4.23. The van der Waals surface area contributed by atoms with E-state index in [9.17, 15) is 31.5 Å². The largest absolute Gasteiger partial charge is 0.478 e. The molecule has 0 aliphatic carbocycles. The summed E-state index contributed by atoms with van der Waals surface area (Å²) in [4.78, 5) is 15.2. The fourth-order valence-corrected chi connectivity index (χ4v) is 5.65. The predicted molar refractivity (Wildman–Crippen MR) is 129 cm³/mol.